The fourth-order valence-corrected chi connectivity index (χ4v) is 3.70. The maximum atomic E-state index is 11.9. The van der Waals surface area contributed by atoms with Gasteiger partial charge in [-0.25, -0.2) is 4.79 Å². The van der Waals surface area contributed by atoms with Gasteiger partial charge in [-0.15, -0.1) is 0 Å². The van der Waals surface area contributed by atoms with E-state index in [1.54, 1.807) is 13.3 Å². The van der Waals surface area contributed by atoms with E-state index in [9.17, 15) is 4.79 Å². The molecule has 0 aliphatic carbocycles. The minimum Gasteiger partial charge on any atom is -0.378 e. The van der Waals surface area contributed by atoms with Crippen LogP contribution in [0, 0.1) is 0 Å². The molecule has 3 rings (SSSR count). The van der Waals surface area contributed by atoms with Gasteiger partial charge >= 0.3 is 6.03 Å². The van der Waals surface area contributed by atoms with E-state index in [4.69, 9.17) is 4.74 Å². The Balaban J connectivity index is 1.61. The van der Waals surface area contributed by atoms with E-state index in [0.29, 0.717) is 12.6 Å². The number of likely N-dealkylation sites (tertiary alicyclic amines) is 2. The van der Waals surface area contributed by atoms with Gasteiger partial charge in [0.15, 0.2) is 0 Å². The summed E-state index contributed by atoms with van der Waals surface area (Å²) in [5.74, 6) is 0. The van der Waals surface area contributed by atoms with E-state index in [-0.39, 0.29) is 18.2 Å². The standard InChI is InChI=1S/C17H26N4O2/c1-3-19-17(22)20-9-6-14(7-10-20)21-12-15(23-2)16(21)13-5-4-8-18-11-13/h4-5,8,11,14-16H,3,6-7,9-10,12H2,1-2H3,(H,19,22)/t15-,16-/m0/s1. The van der Waals surface area contributed by atoms with Crippen molar-refractivity contribution in [3.63, 3.8) is 0 Å². The van der Waals surface area contributed by atoms with Crippen molar-refractivity contribution in [2.45, 2.75) is 38.0 Å². The highest BCUT2D eigenvalue weighted by Crippen LogP contribution is 2.39. The molecule has 0 spiro atoms. The van der Waals surface area contributed by atoms with Gasteiger partial charge in [0.05, 0.1) is 12.1 Å². The van der Waals surface area contributed by atoms with Gasteiger partial charge in [-0.2, -0.15) is 0 Å². The van der Waals surface area contributed by atoms with Crippen LogP contribution in [0.25, 0.3) is 0 Å². The molecular weight excluding hydrogens is 292 g/mol. The molecule has 0 aromatic carbocycles. The zero-order chi connectivity index (χ0) is 16.2. The molecular formula is C17H26N4O2. The number of amides is 2. The SMILES string of the molecule is CCNC(=O)N1CCC(N2C[C@H](OC)[C@@H]2c2cccnc2)CC1. The first-order valence-electron chi connectivity index (χ1n) is 8.45. The number of nitrogens with one attached hydrogen (secondary N) is 1. The normalized spacial score (nSPS) is 25.9. The molecule has 0 radical (unpaired) electrons. The molecule has 0 saturated carbocycles. The Hall–Kier alpha value is -1.66. The summed E-state index contributed by atoms with van der Waals surface area (Å²) in [7, 11) is 1.78. The highest BCUT2D eigenvalue weighted by Gasteiger charge is 2.44. The lowest BCUT2D eigenvalue weighted by Crippen LogP contribution is -2.60. The number of hydrogen-bond donors (Lipinski definition) is 1. The first-order valence-corrected chi connectivity index (χ1v) is 8.45. The number of carbonyl (C=O) groups excluding carboxylic acids is 1. The van der Waals surface area contributed by atoms with E-state index in [1.165, 1.54) is 5.56 Å². The molecule has 1 aromatic rings. The average molecular weight is 318 g/mol. The quantitative estimate of drug-likeness (QED) is 0.917. The average Bonchev–Trinajstić information content (AvgIpc) is 2.56. The number of pyridine rings is 1. The molecule has 2 aliphatic rings. The zero-order valence-corrected chi connectivity index (χ0v) is 13.9. The Kier molecular flexibility index (Phi) is 5.13. The lowest BCUT2D eigenvalue weighted by atomic mass is 9.88. The molecule has 6 heteroatoms. The van der Waals surface area contributed by atoms with Crippen LogP contribution >= 0.6 is 0 Å². The highest BCUT2D eigenvalue weighted by atomic mass is 16.5. The van der Waals surface area contributed by atoms with Crippen molar-refractivity contribution in [1.82, 2.24) is 20.1 Å². The number of urea groups is 1. The number of methoxy groups -OCH3 is 1. The summed E-state index contributed by atoms with van der Waals surface area (Å²) >= 11 is 0. The molecule has 6 nitrogen and oxygen atoms in total. The number of aromatic nitrogens is 1. The number of piperidine rings is 1. The van der Waals surface area contributed by atoms with Gasteiger partial charge < -0.3 is 15.0 Å². The first-order chi connectivity index (χ1) is 11.2. The van der Waals surface area contributed by atoms with E-state index in [2.05, 4.69) is 21.3 Å². The fraction of sp³-hybridized carbons (Fsp3) is 0.647. The summed E-state index contributed by atoms with van der Waals surface area (Å²) in [5, 5.41) is 2.88. The zero-order valence-electron chi connectivity index (χ0n) is 13.9. The topological polar surface area (TPSA) is 57.7 Å². The predicted molar refractivity (Wildman–Crippen MR) is 88.1 cm³/mol. The van der Waals surface area contributed by atoms with Gasteiger partial charge in [-0.1, -0.05) is 6.07 Å². The number of hydrogen-bond acceptors (Lipinski definition) is 4. The van der Waals surface area contributed by atoms with Crippen LogP contribution in [0.4, 0.5) is 4.79 Å². The molecule has 1 aromatic heterocycles. The number of ether oxygens (including phenoxy) is 1. The lowest BCUT2D eigenvalue weighted by Gasteiger charge is -2.52. The maximum Gasteiger partial charge on any atom is 0.317 e. The monoisotopic (exact) mass is 318 g/mol. The second-order valence-electron chi connectivity index (χ2n) is 6.26. The van der Waals surface area contributed by atoms with Crippen molar-refractivity contribution in [3.05, 3.63) is 30.1 Å². The predicted octanol–water partition coefficient (Wildman–Crippen LogP) is 1.65. The molecule has 0 bridgehead atoms. The first kappa shape index (κ1) is 16.2. The largest absolute Gasteiger partial charge is 0.378 e. The van der Waals surface area contributed by atoms with Gasteiger partial charge in [0, 0.05) is 51.7 Å². The molecule has 2 aliphatic heterocycles. The summed E-state index contributed by atoms with van der Waals surface area (Å²) < 4.78 is 5.62. The van der Waals surface area contributed by atoms with Gasteiger partial charge in [0.2, 0.25) is 0 Å². The molecule has 2 saturated heterocycles. The smallest absolute Gasteiger partial charge is 0.317 e. The van der Waals surface area contributed by atoms with Gasteiger partial charge in [0.25, 0.3) is 0 Å². The van der Waals surface area contributed by atoms with E-state index in [0.717, 1.165) is 32.5 Å². The van der Waals surface area contributed by atoms with Crippen LogP contribution in [0.1, 0.15) is 31.4 Å². The summed E-state index contributed by atoms with van der Waals surface area (Å²) in [6.07, 6.45) is 6.01. The van der Waals surface area contributed by atoms with Crippen LogP contribution < -0.4 is 5.32 Å². The van der Waals surface area contributed by atoms with Crippen LogP contribution in [0.5, 0.6) is 0 Å². The Bertz CT molecular complexity index is 517. The number of rotatable bonds is 4. The molecule has 2 atom stereocenters. The third-order valence-electron chi connectivity index (χ3n) is 4.98. The molecule has 2 fully saturated rings. The van der Waals surface area contributed by atoms with Crippen molar-refractivity contribution in [2.75, 3.05) is 33.3 Å². The summed E-state index contributed by atoms with van der Waals surface area (Å²) in [6, 6.07) is 4.97. The van der Waals surface area contributed by atoms with Crippen molar-refractivity contribution >= 4 is 6.03 Å². The van der Waals surface area contributed by atoms with Crippen LogP contribution in [-0.4, -0.2) is 66.2 Å². The Labute approximate surface area is 137 Å². The second kappa shape index (κ2) is 7.27. The molecule has 1 N–H and O–H groups in total. The van der Waals surface area contributed by atoms with Crippen molar-refractivity contribution < 1.29 is 9.53 Å². The minimum absolute atomic E-state index is 0.0631. The fourth-order valence-electron chi connectivity index (χ4n) is 3.70. The Morgan fingerprint density at radius 2 is 2.22 bits per heavy atom. The molecule has 126 valence electrons. The minimum atomic E-state index is 0.0631. The number of carbonyl (C=O) groups is 1. The van der Waals surface area contributed by atoms with E-state index in [1.807, 2.05) is 24.1 Å². The molecule has 3 heterocycles. The third-order valence-corrected chi connectivity index (χ3v) is 4.98. The van der Waals surface area contributed by atoms with Crippen molar-refractivity contribution in [2.24, 2.45) is 0 Å². The van der Waals surface area contributed by atoms with Crippen LogP contribution in [0.15, 0.2) is 24.5 Å². The molecule has 2 amide bonds. The van der Waals surface area contributed by atoms with E-state index >= 15 is 0 Å². The van der Waals surface area contributed by atoms with Crippen LogP contribution in [0.3, 0.4) is 0 Å². The maximum absolute atomic E-state index is 11.9. The van der Waals surface area contributed by atoms with Crippen molar-refractivity contribution in [1.29, 1.82) is 0 Å². The second-order valence-corrected chi connectivity index (χ2v) is 6.26. The van der Waals surface area contributed by atoms with Gasteiger partial charge in [0.1, 0.15) is 0 Å². The Morgan fingerprint density at radius 3 is 2.83 bits per heavy atom. The van der Waals surface area contributed by atoms with Gasteiger partial charge in [-0.3, -0.25) is 9.88 Å². The molecule has 0 unspecified atom stereocenters. The van der Waals surface area contributed by atoms with Crippen LogP contribution in [0.2, 0.25) is 0 Å². The van der Waals surface area contributed by atoms with Gasteiger partial charge in [-0.05, 0) is 31.4 Å². The summed E-state index contributed by atoms with van der Waals surface area (Å²) in [6.45, 7) is 5.24. The summed E-state index contributed by atoms with van der Waals surface area (Å²) in [5.41, 5.74) is 1.22. The lowest BCUT2D eigenvalue weighted by molar-refractivity contribution is -0.115. The third kappa shape index (κ3) is 3.33. The Morgan fingerprint density at radius 1 is 1.43 bits per heavy atom. The molecule has 23 heavy (non-hydrogen) atoms. The summed E-state index contributed by atoms with van der Waals surface area (Å²) in [4.78, 5) is 20.6. The van der Waals surface area contributed by atoms with E-state index < -0.39 is 0 Å². The van der Waals surface area contributed by atoms with Crippen LogP contribution in [-0.2, 0) is 4.74 Å². The number of nitrogens with zero attached hydrogens (tertiary/aromatic N) is 3. The highest BCUT2D eigenvalue weighted by molar-refractivity contribution is 5.74. The van der Waals surface area contributed by atoms with Crippen molar-refractivity contribution in [3.8, 4) is 0 Å².